The van der Waals surface area contributed by atoms with Gasteiger partial charge in [-0.2, -0.15) is 0 Å². The molecule has 2 aromatic carbocycles. The van der Waals surface area contributed by atoms with E-state index >= 15 is 0 Å². The molecule has 0 saturated heterocycles. The summed E-state index contributed by atoms with van der Waals surface area (Å²) in [6.07, 6.45) is 0. The number of benzene rings is 2. The summed E-state index contributed by atoms with van der Waals surface area (Å²) in [5, 5.41) is 1.10. The average Bonchev–Trinajstić information content (AvgIpc) is 2.47. The minimum absolute atomic E-state index is 0.576. The number of rotatable bonds is 1. The van der Waals surface area contributed by atoms with E-state index < -0.39 is 0 Å². The Kier molecular flexibility index (Phi) is 2.60. The molecular weight excluding hydrogens is 296 g/mol. The molecule has 0 aliphatic heterocycles. The highest BCUT2D eigenvalue weighted by Crippen LogP contribution is 2.58. The van der Waals surface area contributed by atoms with Crippen LogP contribution < -0.4 is 0 Å². The van der Waals surface area contributed by atoms with Crippen molar-refractivity contribution in [1.29, 1.82) is 0 Å². The van der Waals surface area contributed by atoms with E-state index in [0.29, 0.717) is 17.8 Å². The van der Waals surface area contributed by atoms with Crippen LogP contribution in [0.4, 0.5) is 0 Å². The SMILES string of the molecule is C[C@H]1C2c3ccccc3C(c3ccccc32)[C@H]1CBr. The molecule has 0 nitrogen and oxygen atoms in total. The summed E-state index contributed by atoms with van der Waals surface area (Å²) in [5.41, 5.74) is 6.26. The van der Waals surface area contributed by atoms with Gasteiger partial charge in [0, 0.05) is 17.2 Å². The predicted octanol–water partition coefficient (Wildman–Crippen LogP) is 4.92. The highest BCUT2D eigenvalue weighted by Gasteiger charge is 2.46. The van der Waals surface area contributed by atoms with Crippen molar-refractivity contribution in [2.45, 2.75) is 18.8 Å². The van der Waals surface area contributed by atoms with E-state index in [-0.39, 0.29) is 0 Å². The number of alkyl halides is 1. The Balaban J connectivity index is 2.03. The molecule has 0 spiro atoms. The van der Waals surface area contributed by atoms with Gasteiger partial charge in [-0.1, -0.05) is 71.4 Å². The lowest BCUT2D eigenvalue weighted by Gasteiger charge is -2.49. The van der Waals surface area contributed by atoms with Crippen molar-refractivity contribution in [2.75, 3.05) is 5.33 Å². The van der Waals surface area contributed by atoms with Crippen molar-refractivity contribution in [3.05, 3.63) is 70.8 Å². The summed E-state index contributed by atoms with van der Waals surface area (Å²) < 4.78 is 0. The van der Waals surface area contributed by atoms with E-state index in [1.807, 2.05) is 0 Å². The van der Waals surface area contributed by atoms with Crippen molar-refractivity contribution < 1.29 is 0 Å². The van der Waals surface area contributed by atoms with E-state index in [1.54, 1.807) is 22.3 Å². The molecule has 3 aliphatic carbocycles. The summed E-state index contributed by atoms with van der Waals surface area (Å²) in [5.74, 6) is 2.59. The summed E-state index contributed by atoms with van der Waals surface area (Å²) in [4.78, 5) is 0. The first-order valence-corrected chi connectivity index (χ1v) is 8.18. The lowest BCUT2D eigenvalue weighted by Crippen LogP contribution is -2.39. The summed E-state index contributed by atoms with van der Waals surface area (Å²) in [6, 6.07) is 18.1. The lowest BCUT2D eigenvalue weighted by molar-refractivity contribution is 0.277. The van der Waals surface area contributed by atoms with Gasteiger partial charge in [-0.05, 0) is 34.1 Å². The first kappa shape index (κ1) is 11.7. The topological polar surface area (TPSA) is 0 Å². The van der Waals surface area contributed by atoms with Gasteiger partial charge in [-0.25, -0.2) is 0 Å². The van der Waals surface area contributed by atoms with Gasteiger partial charge in [0.15, 0.2) is 0 Å². The number of hydrogen-bond donors (Lipinski definition) is 0. The minimum atomic E-state index is 0.576. The Bertz CT molecular complexity index is 584. The molecule has 96 valence electrons. The zero-order valence-electron chi connectivity index (χ0n) is 11.0. The van der Waals surface area contributed by atoms with E-state index in [2.05, 4.69) is 71.4 Å². The summed E-state index contributed by atoms with van der Waals surface area (Å²) in [6.45, 7) is 2.43. The Morgan fingerprint density at radius 1 is 0.789 bits per heavy atom. The molecule has 0 amide bonds. The largest absolute Gasteiger partial charge is 0.0925 e. The van der Waals surface area contributed by atoms with E-state index in [0.717, 1.165) is 11.2 Å². The molecule has 0 fully saturated rings. The third-order valence-corrected chi connectivity index (χ3v) is 5.89. The molecule has 19 heavy (non-hydrogen) atoms. The third kappa shape index (κ3) is 1.45. The van der Waals surface area contributed by atoms with E-state index in [4.69, 9.17) is 0 Å². The molecule has 2 atom stereocenters. The van der Waals surface area contributed by atoms with E-state index in [9.17, 15) is 0 Å². The summed E-state index contributed by atoms with van der Waals surface area (Å²) in [7, 11) is 0. The third-order valence-electron chi connectivity index (χ3n) is 5.14. The van der Waals surface area contributed by atoms with Crippen molar-refractivity contribution >= 4 is 15.9 Å². The van der Waals surface area contributed by atoms with E-state index in [1.165, 1.54) is 0 Å². The number of fused-ring (bicyclic) bond motifs is 1. The summed E-state index contributed by atoms with van der Waals surface area (Å²) >= 11 is 3.76. The van der Waals surface area contributed by atoms with Crippen LogP contribution in [0.25, 0.3) is 0 Å². The van der Waals surface area contributed by atoms with Crippen molar-refractivity contribution in [3.8, 4) is 0 Å². The fraction of sp³-hybridized carbons (Fsp3) is 0.333. The van der Waals surface area contributed by atoms with Crippen molar-refractivity contribution in [2.24, 2.45) is 11.8 Å². The van der Waals surface area contributed by atoms with Gasteiger partial charge in [0.2, 0.25) is 0 Å². The minimum Gasteiger partial charge on any atom is -0.0925 e. The highest BCUT2D eigenvalue weighted by molar-refractivity contribution is 9.09. The molecular formula is C18H17Br. The second kappa shape index (κ2) is 4.21. The maximum Gasteiger partial charge on any atom is 0.0134 e. The normalized spacial score (nSPS) is 30.8. The maximum absolute atomic E-state index is 3.76. The molecule has 1 heteroatoms. The van der Waals surface area contributed by atoms with Crippen LogP contribution in [0.15, 0.2) is 48.5 Å². The molecule has 0 N–H and O–H groups in total. The fourth-order valence-electron chi connectivity index (χ4n) is 4.30. The first-order valence-electron chi connectivity index (χ1n) is 7.06. The van der Waals surface area contributed by atoms with Crippen LogP contribution in [0.1, 0.15) is 41.0 Å². The van der Waals surface area contributed by atoms with Crippen LogP contribution >= 0.6 is 15.9 Å². The number of hydrogen-bond acceptors (Lipinski definition) is 0. The average molecular weight is 313 g/mol. The Hall–Kier alpha value is -1.08. The monoisotopic (exact) mass is 312 g/mol. The maximum atomic E-state index is 3.76. The molecule has 0 heterocycles. The fourth-order valence-corrected chi connectivity index (χ4v) is 5.26. The number of halogens is 1. The first-order chi connectivity index (χ1) is 9.33. The molecule has 0 saturated carbocycles. The predicted molar refractivity (Wildman–Crippen MR) is 83.0 cm³/mol. The molecule has 0 radical (unpaired) electrons. The Morgan fingerprint density at radius 2 is 1.21 bits per heavy atom. The molecule has 2 aromatic rings. The van der Waals surface area contributed by atoms with Gasteiger partial charge in [-0.15, -0.1) is 0 Å². The van der Waals surface area contributed by atoms with Crippen LogP contribution in [0.5, 0.6) is 0 Å². The molecule has 0 aromatic heterocycles. The standard InChI is InChI=1S/C18H17Br/c1-11-16(10-19)18-14-8-4-2-6-12(14)17(11)13-7-3-5-9-15(13)18/h2-9,11,16-18H,10H2,1H3/t11-,16+,17?,18?/m1/s1. The van der Waals surface area contributed by atoms with Crippen molar-refractivity contribution in [1.82, 2.24) is 0 Å². The second-order valence-electron chi connectivity index (χ2n) is 5.89. The van der Waals surface area contributed by atoms with Crippen LogP contribution in [0.3, 0.4) is 0 Å². The lowest BCUT2D eigenvalue weighted by atomic mass is 9.55. The van der Waals surface area contributed by atoms with Gasteiger partial charge in [0.1, 0.15) is 0 Å². The Labute approximate surface area is 123 Å². The van der Waals surface area contributed by atoms with Gasteiger partial charge >= 0.3 is 0 Å². The molecule has 5 rings (SSSR count). The molecule has 2 bridgehead atoms. The highest BCUT2D eigenvalue weighted by atomic mass is 79.9. The van der Waals surface area contributed by atoms with Crippen molar-refractivity contribution in [3.63, 3.8) is 0 Å². The zero-order valence-corrected chi connectivity index (χ0v) is 12.6. The zero-order chi connectivity index (χ0) is 13.0. The van der Waals surface area contributed by atoms with Crippen LogP contribution in [0.2, 0.25) is 0 Å². The second-order valence-corrected chi connectivity index (χ2v) is 6.54. The Morgan fingerprint density at radius 3 is 1.63 bits per heavy atom. The van der Waals surface area contributed by atoms with Gasteiger partial charge in [0.25, 0.3) is 0 Å². The van der Waals surface area contributed by atoms with Gasteiger partial charge < -0.3 is 0 Å². The van der Waals surface area contributed by atoms with Gasteiger partial charge in [0.05, 0.1) is 0 Å². The molecule has 0 unspecified atom stereocenters. The van der Waals surface area contributed by atoms with Crippen LogP contribution in [-0.4, -0.2) is 5.33 Å². The smallest absolute Gasteiger partial charge is 0.0134 e. The molecule has 3 aliphatic rings. The quantitative estimate of drug-likeness (QED) is 0.655. The van der Waals surface area contributed by atoms with Crippen LogP contribution in [0, 0.1) is 11.8 Å². The van der Waals surface area contributed by atoms with Crippen LogP contribution in [-0.2, 0) is 0 Å². The van der Waals surface area contributed by atoms with Gasteiger partial charge in [-0.3, -0.25) is 0 Å².